The molecule has 4 heteroatoms. The van der Waals surface area contributed by atoms with Gasteiger partial charge in [-0.1, -0.05) is 47.5 Å². The molecule has 3 aromatic rings. The second kappa shape index (κ2) is 5.31. The number of ether oxygens (including phenoxy) is 1. The molecule has 0 N–H and O–H groups in total. The highest BCUT2D eigenvalue weighted by Gasteiger charge is 2.09. The summed E-state index contributed by atoms with van der Waals surface area (Å²) in [6, 6.07) is 15.4. The fourth-order valence-electron chi connectivity index (χ4n) is 2.19. The van der Waals surface area contributed by atoms with Crippen molar-refractivity contribution in [2.24, 2.45) is 0 Å². The van der Waals surface area contributed by atoms with Crippen molar-refractivity contribution in [3.8, 4) is 16.9 Å². The average molecular weight is 304 g/mol. The second-order valence-electron chi connectivity index (χ2n) is 4.36. The van der Waals surface area contributed by atoms with Crippen molar-refractivity contribution in [1.29, 1.82) is 0 Å². The van der Waals surface area contributed by atoms with Gasteiger partial charge in [0.05, 0.1) is 17.6 Å². The number of pyridine rings is 1. The Morgan fingerprint density at radius 1 is 1.00 bits per heavy atom. The summed E-state index contributed by atoms with van der Waals surface area (Å²) in [6.45, 7) is 0. The lowest BCUT2D eigenvalue weighted by Gasteiger charge is -2.09. The Balaban J connectivity index is 2.26. The monoisotopic (exact) mass is 303 g/mol. The van der Waals surface area contributed by atoms with Crippen LogP contribution in [0.1, 0.15) is 0 Å². The maximum absolute atomic E-state index is 6.19. The number of hydrogen-bond acceptors (Lipinski definition) is 2. The summed E-state index contributed by atoms with van der Waals surface area (Å²) in [4.78, 5) is 4.30. The minimum Gasteiger partial charge on any atom is -0.497 e. The molecule has 1 aromatic heterocycles. The first-order chi connectivity index (χ1) is 9.69. The molecule has 0 atom stereocenters. The number of methoxy groups -OCH3 is 1. The summed E-state index contributed by atoms with van der Waals surface area (Å²) in [5.74, 6) is 0.816. The van der Waals surface area contributed by atoms with Gasteiger partial charge in [0.2, 0.25) is 0 Å². The van der Waals surface area contributed by atoms with Crippen LogP contribution in [0.25, 0.3) is 22.0 Å². The predicted molar refractivity (Wildman–Crippen MR) is 83.8 cm³/mol. The molecule has 100 valence electrons. The van der Waals surface area contributed by atoms with E-state index in [1.807, 2.05) is 48.5 Å². The van der Waals surface area contributed by atoms with Gasteiger partial charge in [-0.25, -0.2) is 4.98 Å². The van der Waals surface area contributed by atoms with Crippen molar-refractivity contribution in [2.45, 2.75) is 0 Å². The number of hydrogen-bond donors (Lipinski definition) is 0. The first kappa shape index (κ1) is 13.2. The molecule has 0 saturated carbocycles. The molecule has 0 saturated heterocycles. The lowest BCUT2D eigenvalue weighted by atomic mass is 10.0. The molecule has 0 amide bonds. The van der Waals surface area contributed by atoms with Crippen LogP contribution in [0.4, 0.5) is 0 Å². The van der Waals surface area contributed by atoms with Gasteiger partial charge in [0.1, 0.15) is 10.9 Å². The van der Waals surface area contributed by atoms with E-state index in [1.165, 1.54) is 0 Å². The van der Waals surface area contributed by atoms with E-state index in [0.29, 0.717) is 15.7 Å². The van der Waals surface area contributed by atoms with Crippen LogP contribution in [-0.4, -0.2) is 12.1 Å². The lowest BCUT2D eigenvalue weighted by molar-refractivity contribution is 0.415. The third kappa shape index (κ3) is 2.33. The molecule has 2 nitrogen and oxygen atoms in total. The highest BCUT2D eigenvalue weighted by atomic mass is 35.5. The maximum atomic E-state index is 6.19. The number of para-hydroxylation sites is 1. The highest BCUT2D eigenvalue weighted by molar-refractivity contribution is 6.36. The van der Waals surface area contributed by atoms with Crippen LogP contribution in [-0.2, 0) is 0 Å². The molecule has 0 aliphatic heterocycles. The summed E-state index contributed by atoms with van der Waals surface area (Å²) >= 11 is 12.3. The number of aromatic nitrogens is 1. The Morgan fingerprint density at radius 2 is 1.75 bits per heavy atom. The lowest BCUT2D eigenvalue weighted by Crippen LogP contribution is -1.88. The van der Waals surface area contributed by atoms with Crippen LogP contribution in [0.5, 0.6) is 5.75 Å². The van der Waals surface area contributed by atoms with Crippen molar-refractivity contribution in [1.82, 2.24) is 4.98 Å². The summed E-state index contributed by atoms with van der Waals surface area (Å²) in [5.41, 5.74) is 2.76. The van der Waals surface area contributed by atoms with E-state index in [2.05, 4.69) is 4.98 Å². The first-order valence-electron chi connectivity index (χ1n) is 6.08. The third-order valence-electron chi connectivity index (χ3n) is 3.16. The number of halogens is 2. The first-order valence-corrected chi connectivity index (χ1v) is 6.84. The van der Waals surface area contributed by atoms with Crippen LogP contribution < -0.4 is 4.74 Å². The van der Waals surface area contributed by atoms with Gasteiger partial charge in [-0.05, 0) is 35.4 Å². The maximum Gasteiger partial charge on any atom is 0.130 e. The Bertz CT molecular complexity index is 769. The highest BCUT2D eigenvalue weighted by Crippen LogP contribution is 2.33. The van der Waals surface area contributed by atoms with Crippen LogP contribution in [0.3, 0.4) is 0 Å². The summed E-state index contributed by atoms with van der Waals surface area (Å²) < 4.78 is 5.18. The van der Waals surface area contributed by atoms with Gasteiger partial charge in [0.15, 0.2) is 0 Å². The molecular formula is C16H11Cl2NO. The molecule has 0 fully saturated rings. The normalized spacial score (nSPS) is 10.8. The predicted octanol–water partition coefficient (Wildman–Crippen LogP) is 5.22. The number of benzene rings is 2. The van der Waals surface area contributed by atoms with Crippen LogP contribution in [0, 0.1) is 0 Å². The van der Waals surface area contributed by atoms with Crippen molar-refractivity contribution >= 4 is 34.1 Å². The van der Waals surface area contributed by atoms with Gasteiger partial charge >= 0.3 is 0 Å². The van der Waals surface area contributed by atoms with Gasteiger partial charge in [-0.15, -0.1) is 0 Å². The van der Waals surface area contributed by atoms with Crippen LogP contribution in [0.15, 0.2) is 48.5 Å². The number of nitrogens with zero attached hydrogens (tertiary/aromatic N) is 1. The van der Waals surface area contributed by atoms with Gasteiger partial charge in [-0.3, -0.25) is 0 Å². The zero-order chi connectivity index (χ0) is 14.1. The van der Waals surface area contributed by atoms with Gasteiger partial charge < -0.3 is 4.74 Å². The summed E-state index contributed by atoms with van der Waals surface area (Å²) in [6.07, 6.45) is 0. The minimum absolute atomic E-state index is 0.427. The topological polar surface area (TPSA) is 22.1 Å². The average Bonchev–Trinajstić information content (AvgIpc) is 2.48. The fraction of sp³-hybridized carbons (Fsp3) is 0.0625. The zero-order valence-corrected chi connectivity index (χ0v) is 12.2. The molecule has 0 aliphatic rings. The zero-order valence-electron chi connectivity index (χ0n) is 10.7. The Labute approximate surface area is 126 Å². The molecule has 2 aromatic carbocycles. The second-order valence-corrected chi connectivity index (χ2v) is 5.15. The Kier molecular flexibility index (Phi) is 3.51. The standard InChI is InChI=1S/C16H11Cl2NO/c1-20-11-7-5-10(6-8-11)13-9-15(18)19-16-12(13)3-2-4-14(16)17/h2-9H,1H3. The number of fused-ring (bicyclic) bond motifs is 1. The largest absolute Gasteiger partial charge is 0.497 e. The summed E-state index contributed by atoms with van der Waals surface area (Å²) in [5, 5.41) is 2.00. The van der Waals surface area contributed by atoms with E-state index in [-0.39, 0.29) is 0 Å². The molecule has 3 rings (SSSR count). The smallest absolute Gasteiger partial charge is 0.130 e. The van der Waals surface area contributed by atoms with Gasteiger partial charge in [0, 0.05) is 5.39 Å². The molecule has 0 unspecified atom stereocenters. The van der Waals surface area contributed by atoms with Gasteiger partial charge in [0.25, 0.3) is 0 Å². The molecule has 0 radical (unpaired) electrons. The summed E-state index contributed by atoms with van der Waals surface area (Å²) in [7, 11) is 1.65. The van der Waals surface area contributed by atoms with E-state index >= 15 is 0 Å². The molecule has 1 heterocycles. The molecule has 0 aliphatic carbocycles. The van der Waals surface area contributed by atoms with Crippen molar-refractivity contribution in [3.63, 3.8) is 0 Å². The number of rotatable bonds is 2. The minimum atomic E-state index is 0.427. The van der Waals surface area contributed by atoms with E-state index in [0.717, 1.165) is 22.3 Å². The fourth-order valence-corrected chi connectivity index (χ4v) is 2.60. The molecule has 20 heavy (non-hydrogen) atoms. The Hall–Kier alpha value is -1.77. The van der Waals surface area contributed by atoms with E-state index < -0.39 is 0 Å². The van der Waals surface area contributed by atoms with E-state index in [9.17, 15) is 0 Å². The van der Waals surface area contributed by atoms with Crippen molar-refractivity contribution in [2.75, 3.05) is 7.11 Å². The van der Waals surface area contributed by atoms with Crippen molar-refractivity contribution in [3.05, 3.63) is 58.7 Å². The van der Waals surface area contributed by atoms with Crippen molar-refractivity contribution < 1.29 is 4.74 Å². The molecule has 0 spiro atoms. The van der Waals surface area contributed by atoms with Gasteiger partial charge in [-0.2, -0.15) is 0 Å². The van der Waals surface area contributed by atoms with E-state index in [4.69, 9.17) is 27.9 Å². The van der Waals surface area contributed by atoms with Crippen LogP contribution >= 0.6 is 23.2 Å². The SMILES string of the molecule is COc1ccc(-c2cc(Cl)nc3c(Cl)cccc23)cc1. The van der Waals surface area contributed by atoms with Crippen LogP contribution in [0.2, 0.25) is 10.2 Å². The third-order valence-corrected chi connectivity index (χ3v) is 3.66. The quantitative estimate of drug-likeness (QED) is 0.606. The Morgan fingerprint density at radius 3 is 2.45 bits per heavy atom. The molecular weight excluding hydrogens is 293 g/mol. The molecule has 0 bridgehead atoms. The van der Waals surface area contributed by atoms with E-state index in [1.54, 1.807) is 7.11 Å².